The highest BCUT2D eigenvalue weighted by Crippen LogP contribution is 2.45. The number of ether oxygens (including phenoxy) is 3. The van der Waals surface area contributed by atoms with Crippen LogP contribution in [0.3, 0.4) is 0 Å². The second kappa shape index (κ2) is 66.2. The van der Waals surface area contributed by atoms with Crippen molar-refractivity contribution in [2.45, 2.75) is 296 Å². The molecule has 0 saturated carbocycles. The molecule has 5 unspecified atom stereocenters. The fraction of sp³-hybridized carbons (Fsp3) is 0.712. The summed E-state index contributed by atoms with van der Waals surface area (Å²) in [5.41, 5.74) is 0. The Bertz CT molecular complexity index is 2100. The van der Waals surface area contributed by atoms with Crippen molar-refractivity contribution in [3.05, 3.63) is 109 Å². The molecule has 0 aromatic rings. The predicted molar refractivity (Wildman–Crippen MR) is 371 cm³/mol. The average molecular weight is 1320 g/mol. The van der Waals surface area contributed by atoms with E-state index in [2.05, 4.69) is 130 Å². The maximum absolute atomic E-state index is 12.9. The molecule has 0 aliphatic heterocycles. The van der Waals surface area contributed by atoms with E-state index in [-0.39, 0.29) is 19.3 Å². The highest BCUT2D eigenvalue weighted by Gasteiger charge is 2.29. The molecule has 16 nitrogen and oxygen atoms in total. The lowest BCUT2D eigenvalue weighted by Gasteiger charge is -2.21. The Morgan fingerprint density at radius 3 is 0.923 bits per heavy atom. The maximum Gasteiger partial charge on any atom is 0.472 e. The standard InChI is InChI=1S/C73H126O16P2/c1-4-7-10-13-16-19-22-25-27-29-30-31-32-33-34-35-36-38-40-42-44-47-50-53-56-59-71(76)83-62-68(74)63-85-90(79,80)86-64-69(75)65-87-91(81,82)88-67-70(89-73(78)61-58-55-52-49-46-41-24-21-18-15-12-9-6-3)66-84-72(77)60-57-54-51-48-45-43-39-37-28-26-23-20-17-14-11-8-5-2/h7-8,10-11,16-17,19-20,25-28,30-31,33-34,36,38,68-70,74-75H,4-6,9,12-15,18,21-24,29,32,35,37,39-67H2,1-3H3,(H,79,80)(H,81,82)/b10-7-,11-8-,19-16-,20-17-,27-25-,28-26-,31-30-,34-33-,38-36-. The van der Waals surface area contributed by atoms with E-state index < -0.39 is 91.5 Å². The van der Waals surface area contributed by atoms with Gasteiger partial charge in [0.2, 0.25) is 0 Å². The molecule has 524 valence electrons. The molecule has 0 amide bonds. The van der Waals surface area contributed by atoms with Gasteiger partial charge in [-0.1, -0.05) is 265 Å². The third-order valence-corrected chi connectivity index (χ3v) is 16.4. The first-order valence-electron chi connectivity index (χ1n) is 35.2. The largest absolute Gasteiger partial charge is 0.472 e. The molecule has 0 aromatic heterocycles. The van der Waals surface area contributed by atoms with Gasteiger partial charge in [0.25, 0.3) is 0 Å². The zero-order valence-corrected chi connectivity index (χ0v) is 58.5. The average Bonchev–Trinajstić information content (AvgIpc) is 3.75. The first-order valence-corrected chi connectivity index (χ1v) is 38.2. The van der Waals surface area contributed by atoms with E-state index in [9.17, 15) is 43.5 Å². The summed E-state index contributed by atoms with van der Waals surface area (Å²) in [7, 11) is -9.78. The molecule has 0 bridgehead atoms. The van der Waals surface area contributed by atoms with Gasteiger partial charge in [0.15, 0.2) is 6.10 Å². The third-order valence-electron chi connectivity index (χ3n) is 14.5. The summed E-state index contributed by atoms with van der Waals surface area (Å²) in [4.78, 5) is 58.4. The molecule has 0 aliphatic carbocycles. The zero-order valence-electron chi connectivity index (χ0n) is 56.7. The van der Waals surface area contributed by atoms with Crippen molar-refractivity contribution in [1.29, 1.82) is 0 Å². The third kappa shape index (κ3) is 67.4. The zero-order chi connectivity index (χ0) is 66.7. The molecule has 0 spiro atoms. The number of carbonyl (C=O) groups is 3. The van der Waals surface area contributed by atoms with Crippen LogP contribution in [0.25, 0.3) is 0 Å². The van der Waals surface area contributed by atoms with Crippen LogP contribution >= 0.6 is 15.6 Å². The number of allylic oxidation sites excluding steroid dienone is 18. The van der Waals surface area contributed by atoms with E-state index >= 15 is 0 Å². The lowest BCUT2D eigenvalue weighted by Crippen LogP contribution is -2.30. The van der Waals surface area contributed by atoms with E-state index in [1.54, 1.807) is 0 Å². The summed E-state index contributed by atoms with van der Waals surface area (Å²) in [6.45, 7) is 2.42. The first kappa shape index (κ1) is 87.2. The Labute approximate surface area is 551 Å². The lowest BCUT2D eigenvalue weighted by atomic mass is 10.0. The summed E-state index contributed by atoms with van der Waals surface area (Å²) < 4.78 is 60.9. The van der Waals surface area contributed by atoms with Crippen molar-refractivity contribution in [1.82, 2.24) is 0 Å². The van der Waals surface area contributed by atoms with Crippen LogP contribution in [-0.4, -0.2) is 95.9 Å². The van der Waals surface area contributed by atoms with Gasteiger partial charge >= 0.3 is 33.6 Å². The number of unbranched alkanes of at least 4 members (excludes halogenated alkanes) is 25. The van der Waals surface area contributed by atoms with Crippen LogP contribution in [-0.2, 0) is 55.8 Å². The summed E-state index contributed by atoms with van der Waals surface area (Å²) in [6.07, 6.45) is 74.2. The topological polar surface area (TPSA) is 231 Å². The maximum atomic E-state index is 12.9. The van der Waals surface area contributed by atoms with Crippen molar-refractivity contribution in [2.24, 2.45) is 0 Å². The molecule has 4 N–H and O–H groups in total. The molecule has 0 radical (unpaired) electrons. The van der Waals surface area contributed by atoms with Gasteiger partial charge in [-0.25, -0.2) is 9.13 Å². The van der Waals surface area contributed by atoms with Gasteiger partial charge in [-0.2, -0.15) is 0 Å². The van der Waals surface area contributed by atoms with Gasteiger partial charge in [0, 0.05) is 19.3 Å². The van der Waals surface area contributed by atoms with Crippen LogP contribution in [0.2, 0.25) is 0 Å². The molecule has 18 heteroatoms. The van der Waals surface area contributed by atoms with Crippen molar-refractivity contribution in [2.75, 3.05) is 39.6 Å². The van der Waals surface area contributed by atoms with Crippen molar-refractivity contribution in [3.8, 4) is 0 Å². The molecule has 0 saturated heterocycles. The molecular formula is C73H126O16P2. The number of esters is 3. The van der Waals surface area contributed by atoms with Gasteiger partial charge in [-0.05, 0) is 103 Å². The second-order valence-electron chi connectivity index (χ2n) is 23.3. The van der Waals surface area contributed by atoms with Crippen LogP contribution in [0, 0.1) is 0 Å². The summed E-state index contributed by atoms with van der Waals surface area (Å²) in [5.74, 6) is -1.59. The Balaban J connectivity index is 4.57. The number of aliphatic hydroxyl groups excluding tert-OH is 2. The highest BCUT2D eigenvalue weighted by atomic mass is 31.2. The Kier molecular flexibility index (Phi) is 63.5. The number of phosphoric acid groups is 2. The number of hydrogen-bond donors (Lipinski definition) is 4. The highest BCUT2D eigenvalue weighted by molar-refractivity contribution is 7.47. The molecular weight excluding hydrogens is 1190 g/mol. The summed E-state index contributed by atoms with van der Waals surface area (Å²) in [6, 6.07) is 0. The van der Waals surface area contributed by atoms with E-state index in [0.717, 1.165) is 167 Å². The van der Waals surface area contributed by atoms with E-state index in [1.165, 1.54) is 51.4 Å². The van der Waals surface area contributed by atoms with Crippen molar-refractivity contribution < 1.29 is 75.8 Å². The van der Waals surface area contributed by atoms with E-state index in [0.29, 0.717) is 19.3 Å². The second-order valence-corrected chi connectivity index (χ2v) is 26.2. The van der Waals surface area contributed by atoms with E-state index in [1.807, 2.05) is 0 Å². The number of hydrogen-bond acceptors (Lipinski definition) is 14. The normalized spacial score (nSPS) is 14.8. The van der Waals surface area contributed by atoms with Gasteiger partial charge in [0.05, 0.1) is 26.4 Å². The SMILES string of the molecule is CC/C=C\C/C=C\C/C=C\C/C=C\C/C=C\C/C=C\CCCCCCCCC(=O)OCC(O)COP(=O)(O)OCC(O)COP(=O)(O)OCC(COC(=O)CCCCCCCCC/C=C\C/C=C\C/C=C\CC)OC(=O)CCCCCCCCCCCCCCC. The number of rotatable bonds is 66. The fourth-order valence-corrected chi connectivity index (χ4v) is 10.8. The minimum Gasteiger partial charge on any atom is -0.463 e. The van der Waals surface area contributed by atoms with Gasteiger partial charge in [-0.15, -0.1) is 0 Å². The Morgan fingerprint density at radius 2 is 0.582 bits per heavy atom. The van der Waals surface area contributed by atoms with Crippen LogP contribution < -0.4 is 0 Å². The van der Waals surface area contributed by atoms with Gasteiger partial charge < -0.3 is 34.2 Å². The van der Waals surface area contributed by atoms with Crippen LogP contribution in [0.15, 0.2) is 109 Å². The number of carbonyl (C=O) groups excluding carboxylic acids is 3. The Hall–Kier alpha value is -3.79. The quantitative estimate of drug-likeness (QED) is 0.0146. The molecule has 0 heterocycles. The first-order chi connectivity index (χ1) is 44.2. The van der Waals surface area contributed by atoms with Crippen molar-refractivity contribution >= 4 is 33.6 Å². The predicted octanol–water partition coefficient (Wildman–Crippen LogP) is 19.6. The lowest BCUT2D eigenvalue weighted by molar-refractivity contribution is -0.161. The molecule has 91 heavy (non-hydrogen) atoms. The van der Waals surface area contributed by atoms with Crippen LogP contribution in [0.5, 0.6) is 0 Å². The van der Waals surface area contributed by atoms with E-state index in [4.69, 9.17) is 32.3 Å². The van der Waals surface area contributed by atoms with Crippen molar-refractivity contribution in [3.63, 3.8) is 0 Å². The monoisotopic (exact) mass is 1320 g/mol. The van der Waals surface area contributed by atoms with Gasteiger partial charge in [-0.3, -0.25) is 32.5 Å². The molecule has 0 aliphatic rings. The fourth-order valence-electron chi connectivity index (χ4n) is 9.18. The molecule has 0 rings (SSSR count). The number of aliphatic hydroxyl groups is 2. The Morgan fingerprint density at radius 1 is 0.319 bits per heavy atom. The molecule has 5 atom stereocenters. The van der Waals surface area contributed by atoms with Gasteiger partial charge in [0.1, 0.15) is 25.4 Å². The number of phosphoric ester groups is 2. The molecule has 0 aromatic carbocycles. The minimum atomic E-state index is -4.92. The molecule has 0 fully saturated rings. The van der Waals surface area contributed by atoms with Crippen LogP contribution in [0.4, 0.5) is 0 Å². The minimum absolute atomic E-state index is 0.104. The smallest absolute Gasteiger partial charge is 0.463 e. The summed E-state index contributed by atoms with van der Waals surface area (Å²) >= 11 is 0. The van der Waals surface area contributed by atoms with Crippen LogP contribution in [0.1, 0.15) is 278 Å². The summed E-state index contributed by atoms with van der Waals surface area (Å²) in [5, 5.41) is 20.6.